The Morgan fingerprint density at radius 1 is 1.20 bits per heavy atom. The molecule has 0 aliphatic carbocycles. The summed E-state index contributed by atoms with van der Waals surface area (Å²) < 4.78 is 1.74. The van der Waals surface area contributed by atoms with Gasteiger partial charge in [0.15, 0.2) is 0 Å². The van der Waals surface area contributed by atoms with E-state index in [0.717, 1.165) is 30.8 Å². The van der Waals surface area contributed by atoms with Crippen LogP contribution in [0.5, 0.6) is 0 Å². The lowest BCUT2D eigenvalue weighted by Crippen LogP contribution is -2.26. The summed E-state index contributed by atoms with van der Waals surface area (Å²) in [6.07, 6.45) is 1.77. The Kier molecular flexibility index (Phi) is 3.84. The Bertz CT molecular complexity index is 1010. The highest BCUT2D eigenvalue weighted by Crippen LogP contribution is 2.17. The van der Waals surface area contributed by atoms with Gasteiger partial charge in [0.2, 0.25) is 0 Å². The zero-order valence-corrected chi connectivity index (χ0v) is 14.1. The number of amides is 1. The van der Waals surface area contributed by atoms with Crippen LogP contribution in [0.1, 0.15) is 28.2 Å². The average Bonchev–Trinajstić information content (AvgIpc) is 3.10. The largest absolute Gasteiger partial charge is 0.337 e. The third kappa shape index (κ3) is 2.82. The van der Waals surface area contributed by atoms with Crippen LogP contribution in [0.2, 0.25) is 0 Å². The highest BCUT2D eigenvalue weighted by molar-refractivity contribution is 5.97. The van der Waals surface area contributed by atoms with Crippen molar-refractivity contribution in [3.8, 4) is 0 Å². The van der Waals surface area contributed by atoms with Crippen molar-refractivity contribution in [3.05, 3.63) is 75.8 Å². The molecule has 3 aromatic rings. The molecule has 0 radical (unpaired) electrons. The van der Waals surface area contributed by atoms with Gasteiger partial charge in [-0.1, -0.05) is 30.3 Å². The van der Waals surface area contributed by atoms with Gasteiger partial charge in [-0.3, -0.25) is 14.2 Å². The van der Waals surface area contributed by atoms with E-state index in [1.54, 1.807) is 34.7 Å². The normalized spacial score (nSPS) is 13.0. The minimum absolute atomic E-state index is 0.00543. The molecule has 2 heterocycles. The average molecular weight is 333 g/mol. The lowest BCUT2D eigenvalue weighted by molar-refractivity contribution is 0.0785. The summed E-state index contributed by atoms with van der Waals surface area (Å²) in [7, 11) is 1.78. The van der Waals surface area contributed by atoms with E-state index < -0.39 is 0 Å². The maximum absolute atomic E-state index is 12.7. The number of carbonyl (C=O) groups excluding carboxylic acids is 1. The van der Waals surface area contributed by atoms with Crippen LogP contribution in [0.4, 0.5) is 0 Å². The Morgan fingerprint density at radius 3 is 2.80 bits per heavy atom. The molecule has 0 fully saturated rings. The number of hydrogen-bond acceptors (Lipinski definition) is 3. The molecular formula is C20H19N3O2. The zero-order valence-electron chi connectivity index (χ0n) is 14.1. The smallest absolute Gasteiger partial charge is 0.261 e. The standard InChI is InChI=1S/C20H19N3O2/c1-22(13-14-6-3-2-4-7-14)19(24)15-9-10-16-17(12-15)21-18-8-5-11-23(18)20(16)25/h2-4,6-7,9-10,12H,5,8,11,13H2,1H3. The molecular weight excluding hydrogens is 314 g/mol. The highest BCUT2D eigenvalue weighted by Gasteiger charge is 2.18. The van der Waals surface area contributed by atoms with Crippen LogP contribution in [0.15, 0.2) is 53.3 Å². The number of aryl methyl sites for hydroxylation is 1. The molecule has 0 saturated carbocycles. The molecule has 25 heavy (non-hydrogen) atoms. The van der Waals surface area contributed by atoms with Crippen LogP contribution >= 0.6 is 0 Å². The quantitative estimate of drug-likeness (QED) is 0.740. The van der Waals surface area contributed by atoms with Gasteiger partial charge in [-0.05, 0) is 30.2 Å². The molecule has 1 amide bonds. The van der Waals surface area contributed by atoms with E-state index in [0.29, 0.717) is 23.0 Å². The van der Waals surface area contributed by atoms with Crippen molar-refractivity contribution in [3.63, 3.8) is 0 Å². The van der Waals surface area contributed by atoms with E-state index >= 15 is 0 Å². The Balaban J connectivity index is 1.66. The van der Waals surface area contributed by atoms with Crippen molar-refractivity contribution in [2.75, 3.05) is 7.05 Å². The van der Waals surface area contributed by atoms with Gasteiger partial charge < -0.3 is 4.90 Å². The first-order valence-corrected chi connectivity index (χ1v) is 8.46. The van der Waals surface area contributed by atoms with Crippen molar-refractivity contribution in [1.82, 2.24) is 14.5 Å². The van der Waals surface area contributed by atoms with Crippen LogP contribution in [-0.4, -0.2) is 27.4 Å². The van der Waals surface area contributed by atoms with Crippen molar-refractivity contribution >= 4 is 16.8 Å². The van der Waals surface area contributed by atoms with Gasteiger partial charge >= 0.3 is 0 Å². The molecule has 2 aromatic carbocycles. The van der Waals surface area contributed by atoms with Gasteiger partial charge in [0.25, 0.3) is 11.5 Å². The molecule has 1 aliphatic rings. The number of carbonyl (C=O) groups is 1. The second kappa shape index (κ2) is 6.16. The van der Waals surface area contributed by atoms with Crippen LogP contribution in [0.3, 0.4) is 0 Å². The zero-order chi connectivity index (χ0) is 17.4. The maximum Gasteiger partial charge on any atom is 0.261 e. The van der Waals surface area contributed by atoms with Gasteiger partial charge in [0, 0.05) is 32.1 Å². The van der Waals surface area contributed by atoms with E-state index in [-0.39, 0.29) is 11.5 Å². The third-order valence-corrected chi connectivity index (χ3v) is 4.67. The topological polar surface area (TPSA) is 55.2 Å². The van der Waals surface area contributed by atoms with Crippen LogP contribution in [-0.2, 0) is 19.5 Å². The fourth-order valence-electron chi connectivity index (χ4n) is 3.37. The van der Waals surface area contributed by atoms with E-state index in [1.807, 2.05) is 30.3 Å². The molecule has 0 spiro atoms. The number of hydrogen-bond donors (Lipinski definition) is 0. The van der Waals surface area contributed by atoms with Gasteiger partial charge in [-0.15, -0.1) is 0 Å². The molecule has 1 aliphatic heterocycles. The van der Waals surface area contributed by atoms with Crippen molar-refractivity contribution in [2.45, 2.75) is 25.9 Å². The second-order valence-corrected chi connectivity index (χ2v) is 6.47. The summed E-state index contributed by atoms with van der Waals surface area (Å²) in [5.74, 6) is 0.743. The minimum atomic E-state index is -0.0758. The molecule has 0 unspecified atom stereocenters. The summed E-state index contributed by atoms with van der Waals surface area (Å²) in [5.41, 5.74) is 2.24. The molecule has 126 valence electrons. The lowest BCUT2D eigenvalue weighted by Gasteiger charge is -2.17. The maximum atomic E-state index is 12.7. The Hall–Kier alpha value is -2.95. The summed E-state index contributed by atoms with van der Waals surface area (Å²) in [6, 6.07) is 15.0. The minimum Gasteiger partial charge on any atom is -0.337 e. The molecule has 0 bridgehead atoms. The summed E-state index contributed by atoms with van der Waals surface area (Å²) in [5, 5.41) is 0.577. The molecule has 0 saturated heterocycles. The molecule has 1 aromatic heterocycles. The van der Waals surface area contributed by atoms with Crippen molar-refractivity contribution < 1.29 is 4.79 Å². The van der Waals surface area contributed by atoms with Crippen LogP contribution < -0.4 is 5.56 Å². The SMILES string of the molecule is CN(Cc1ccccc1)C(=O)c1ccc2c(=O)n3c(nc2c1)CCC3. The van der Waals surface area contributed by atoms with E-state index in [2.05, 4.69) is 4.98 Å². The molecule has 0 N–H and O–H groups in total. The number of fused-ring (bicyclic) bond motifs is 2. The van der Waals surface area contributed by atoms with Crippen molar-refractivity contribution in [1.29, 1.82) is 0 Å². The molecule has 4 rings (SSSR count). The fourth-order valence-corrected chi connectivity index (χ4v) is 3.37. The summed E-state index contributed by atoms with van der Waals surface area (Å²) >= 11 is 0. The van der Waals surface area contributed by atoms with Crippen LogP contribution in [0, 0.1) is 0 Å². The van der Waals surface area contributed by atoms with E-state index in [9.17, 15) is 9.59 Å². The molecule has 5 nitrogen and oxygen atoms in total. The number of rotatable bonds is 3. The summed E-state index contributed by atoms with van der Waals surface area (Å²) in [6.45, 7) is 1.27. The number of benzene rings is 2. The van der Waals surface area contributed by atoms with Crippen LogP contribution in [0.25, 0.3) is 10.9 Å². The molecule has 0 atom stereocenters. The lowest BCUT2D eigenvalue weighted by atomic mass is 10.1. The first-order chi connectivity index (χ1) is 12.1. The van der Waals surface area contributed by atoms with Gasteiger partial charge in [-0.25, -0.2) is 4.98 Å². The first-order valence-electron chi connectivity index (χ1n) is 8.46. The third-order valence-electron chi connectivity index (χ3n) is 4.67. The van der Waals surface area contributed by atoms with E-state index in [4.69, 9.17) is 0 Å². The Morgan fingerprint density at radius 2 is 2.00 bits per heavy atom. The number of nitrogens with zero attached hydrogens (tertiary/aromatic N) is 3. The number of aromatic nitrogens is 2. The second-order valence-electron chi connectivity index (χ2n) is 6.47. The fraction of sp³-hybridized carbons (Fsp3) is 0.250. The van der Waals surface area contributed by atoms with Gasteiger partial charge in [0.05, 0.1) is 10.9 Å². The monoisotopic (exact) mass is 333 g/mol. The summed E-state index contributed by atoms with van der Waals surface area (Å²) in [4.78, 5) is 31.5. The molecule has 5 heteroatoms. The van der Waals surface area contributed by atoms with Crippen molar-refractivity contribution in [2.24, 2.45) is 0 Å². The highest BCUT2D eigenvalue weighted by atomic mass is 16.2. The predicted octanol–water partition coefficient (Wildman–Crippen LogP) is 2.61. The van der Waals surface area contributed by atoms with E-state index in [1.165, 1.54) is 0 Å². The predicted molar refractivity (Wildman–Crippen MR) is 96.6 cm³/mol. The van der Waals surface area contributed by atoms with Gasteiger partial charge in [0.1, 0.15) is 5.82 Å². The van der Waals surface area contributed by atoms with Gasteiger partial charge in [-0.2, -0.15) is 0 Å². The Labute approximate surface area is 145 Å². The first kappa shape index (κ1) is 15.6.